The first kappa shape index (κ1) is 24.4. The van der Waals surface area contributed by atoms with Crippen molar-refractivity contribution in [1.29, 1.82) is 0 Å². The van der Waals surface area contributed by atoms with E-state index < -0.39 is 10.0 Å². The molecule has 1 aliphatic rings. The van der Waals surface area contributed by atoms with Gasteiger partial charge in [0.15, 0.2) is 0 Å². The van der Waals surface area contributed by atoms with Crippen molar-refractivity contribution in [3.8, 4) is 0 Å². The Morgan fingerprint density at radius 1 is 1.06 bits per heavy atom. The van der Waals surface area contributed by atoms with Crippen molar-refractivity contribution < 1.29 is 13.2 Å². The molecule has 8 heteroatoms. The lowest BCUT2D eigenvalue weighted by Crippen LogP contribution is -2.41. The molecule has 0 radical (unpaired) electrons. The number of nitrogens with zero attached hydrogens (tertiary/aromatic N) is 4. The van der Waals surface area contributed by atoms with Crippen molar-refractivity contribution in [3.63, 3.8) is 0 Å². The van der Waals surface area contributed by atoms with Crippen molar-refractivity contribution in [2.45, 2.75) is 69.4 Å². The summed E-state index contributed by atoms with van der Waals surface area (Å²) >= 11 is 0. The molecule has 1 aliphatic carbocycles. The number of amides is 1. The number of aromatic nitrogens is 2. The maximum atomic E-state index is 13.5. The van der Waals surface area contributed by atoms with Gasteiger partial charge in [-0.05, 0) is 50.1 Å². The minimum atomic E-state index is -3.54. The molecule has 182 valence electrons. The zero-order chi connectivity index (χ0) is 24.3. The van der Waals surface area contributed by atoms with E-state index in [-0.39, 0.29) is 16.8 Å². The third-order valence-corrected chi connectivity index (χ3v) is 8.51. The molecule has 1 saturated carbocycles. The first-order valence-corrected chi connectivity index (χ1v) is 13.6. The topological polar surface area (TPSA) is 75.5 Å². The molecule has 7 nitrogen and oxygen atoms in total. The van der Waals surface area contributed by atoms with Crippen LogP contribution in [-0.4, -0.2) is 48.3 Å². The van der Waals surface area contributed by atoms with Crippen LogP contribution in [0.5, 0.6) is 0 Å². The Hall–Kier alpha value is -2.71. The Labute approximate surface area is 202 Å². The second-order valence-electron chi connectivity index (χ2n) is 9.10. The summed E-state index contributed by atoms with van der Waals surface area (Å²) in [4.78, 5) is 20.5. The number of rotatable bonds is 8. The van der Waals surface area contributed by atoms with Crippen LogP contribution in [0.1, 0.15) is 51.3 Å². The molecule has 0 bridgehead atoms. The fourth-order valence-electron chi connectivity index (χ4n) is 4.90. The fourth-order valence-corrected chi connectivity index (χ4v) is 5.82. The molecular formula is C26H34N4O3S. The lowest BCUT2D eigenvalue weighted by Gasteiger charge is -2.34. The number of hydrogen-bond donors (Lipinski definition) is 0. The van der Waals surface area contributed by atoms with Crippen LogP contribution in [0, 0.1) is 0 Å². The highest BCUT2D eigenvalue weighted by Gasteiger charge is 2.27. The van der Waals surface area contributed by atoms with Gasteiger partial charge in [0.2, 0.25) is 15.9 Å². The van der Waals surface area contributed by atoms with Crippen LogP contribution in [0.3, 0.4) is 0 Å². The Kier molecular flexibility index (Phi) is 7.38. The summed E-state index contributed by atoms with van der Waals surface area (Å²) in [6.45, 7) is 2.74. The van der Waals surface area contributed by atoms with Crippen LogP contribution in [0.2, 0.25) is 0 Å². The zero-order valence-corrected chi connectivity index (χ0v) is 21.1. The van der Waals surface area contributed by atoms with Crippen LogP contribution in [-0.2, 0) is 27.8 Å². The second kappa shape index (κ2) is 10.3. The molecule has 1 heterocycles. The lowest BCUT2D eigenvalue weighted by molar-refractivity contribution is -0.119. The molecule has 0 N–H and O–H groups in total. The Balaban J connectivity index is 1.59. The third kappa shape index (κ3) is 4.88. The first-order valence-electron chi connectivity index (χ1n) is 12.1. The van der Waals surface area contributed by atoms with E-state index in [1.54, 1.807) is 12.1 Å². The Morgan fingerprint density at radius 3 is 2.41 bits per heavy atom. The highest BCUT2D eigenvalue weighted by molar-refractivity contribution is 7.89. The van der Waals surface area contributed by atoms with Crippen molar-refractivity contribution in [1.82, 2.24) is 13.9 Å². The van der Waals surface area contributed by atoms with Crippen molar-refractivity contribution in [2.24, 2.45) is 0 Å². The SMILES string of the molecule is CCn1c(CCC(=O)N(c2ccccc2)C2CCCCC2)nc2cc(S(=O)(=O)N(C)C)ccc21. The van der Waals surface area contributed by atoms with Gasteiger partial charge in [-0.1, -0.05) is 37.5 Å². The molecule has 3 aromatic rings. The zero-order valence-electron chi connectivity index (χ0n) is 20.3. The van der Waals surface area contributed by atoms with Gasteiger partial charge in [0.05, 0.1) is 15.9 Å². The number of anilines is 1. The summed E-state index contributed by atoms with van der Waals surface area (Å²) in [6, 6.07) is 15.3. The van der Waals surface area contributed by atoms with E-state index in [2.05, 4.69) is 4.57 Å². The van der Waals surface area contributed by atoms with Crippen LogP contribution < -0.4 is 4.90 Å². The quantitative estimate of drug-likeness (QED) is 0.470. The molecule has 4 rings (SSSR count). The predicted octanol–water partition coefficient (Wildman–Crippen LogP) is 4.61. The molecule has 1 fully saturated rings. The van der Waals surface area contributed by atoms with Gasteiger partial charge in [-0.2, -0.15) is 0 Å². The molecule has 34 heavy (non-hydrogen) atoms. The molecule has 0 aliphatic heterocycles. The van der Waals surface area contributed by atoms with E-state index in [1.165, 1.54) is 24.8 Å². The van der Waals surface area contributed by atoms with Gasteiger partial charge in [-0.3, -0.25) is 4.79 Å². The van der Waals surface area contributed by atoms with Gasteiger partial charge in [-0.15, -0.1) is 0 Å². The summed E-state index contributed by atoms with van der Waals surface area (Å²) in [6.07, 6.45) is 6.49. The lowest BCUT2D eigenvalue weighted by atomic mass is 9.93. The minimum Gasteiger partial charge on any atom is -0.328 e. The van der Waals surface area contributed by atoms with Crippen molar-refractivity contribution in [2.75, 3.05) is 19.0 Å². The van der Waals surface area contributed by atoms with Gasteiger partial charge in [0, 0.05) is 45.2 Å². The van der Waals surface area contributed by atoms with Crippen LogP contribution in [0.25, 0.3) is 11.0 Å². The van der Waals surface area contributed by atoms with Crippen molar-refractivity contribution >= 4 is 32.7 Å². The maximum Gasteiger partial charge on any atom is 0.242 e. The second-order valence-corrected chi connectivity index (χ2v) is 11.3. The Morgan fingerprint density at radius 2 is 1.76 bits per heavy atom. The summed E-state index contributed by atoms with van der Waals surface area (Å²) in [5.74, 6) is 0.922. The van der Waals surface area contributed by atoms with E-state index >= 15 is 0 Å². The fraction of sp³-hybridized carbons (Fsp3) is 0.462. The number of aryl methyl sites for hydroxylation is 2. The average molecular weight is 483 g/mol. The smallest absolute Gasteiger partial charge is 0.242 e. The number of sulfonamides is 1. The summed E-state index contributed by atoms with van der Waals surface area (Å²) in [5, 5.41) is 0. The van der Waals surface area contributed by atoms with Crippen LogP contribution >= 0.6 is 0 Å². The van der Waals surface area contributed by atoms with E-state index in [0.29, 0.717) is 24.9 Å². The summed E-state index contributed by atoms with van der Waals surface area (Å²) in [5.41, 5.74) is 2.48. The molecule has 0 unspecified atom stereocenters. The van der Waals surface area contributed by atoms with E-state index in [1.807, 2.05) is 48.2 Å². The van der Waals surface area contributed by atoms with Gasteiger partial charge in [0.25, 0.3) is 0 Å². The standard InChI is InChI=1S/C26H34N4O3S/c1-4-29-24-16-15-22(34(32,33)28(2)3)19-23(24)27-25(29)17-18-26(31)30(20-11-7-5-8-12-20)21-13-9-6-10-14-21/h5,7-8,11-12,15-16,19,21H,4,6,9-10,13-14,17-18H2,1-3H3. The van der Waals surface area contributed by atoms with E-state index in [9.17, 15) is 13.2 Å². The molecule has 1 amide bonds. The monoisotopic (exact) mass is 482 g/mol. The van der Waals surface area contributed by atoms with Crippen molar-refractivity contribution in [3.05, 3.63) is 54.4 Å². The highest BCUT2D eigenvalue weighted by atomic mass is 32.2. The molecule has 0 saturated heterocycles. The predicted molar refractivity (Wildman–Crippen MR) is 135 cm³/mol. The van der Waals surface area contributed by atoms with Crippen LogP contribution in [0.4, 0.5) is 5.69 Å². The van der Waals surface area contributed by atoms with Gasteiger partial charge in [-0.25, -0.2) is 17.7 Å². The maximum absolute atomic E-state index is 13.5. The van der Waals surface area contributed by atoms with Gasteiger partial charge < -0.3 is 9.47 Å². The number of fused-ring (bicyclic) bond motifs is 1. The van der Waals surface area contributed by atoms with E-state index in [0.717, 1.165) is 42.7 Å². The molecule has 2 aromatic carbocycles. The number of benzene rings is 2. The number of hydrogen-bond acceptors (Lipinski definition) is 4. The molecule has 0 spiro atoms. The number of para-hydroxylation sites is 1. The van der Waals surface area contributed by atoms with Gasteiger partial charge >= 0.3 is 0 Å². The largest absolute Gasteiger partial charge is 0.328 e. The molecule has 1 aromatic heterocycles. The average Bonchev–Trinajstić information content (AvgIpc) is 3.21. The Bertz CT molecular complexity index is 1250. The van der Waals surface area contributed by atoms with Gasteiger partial charge in [0.1, 0.15) is 5.82 Å². The number of imidazole rings is 1. The summed E-state index contributed by atoms with van der Waals surface area (Å²) < 4.78 is 28.4. The normalized spacial score (nSPS) is 15.2. The third-order valence-electron chi connectivity index (χ3n) is 6.70. The molecular weight excluding hydrogens is 448 g/mol. The summed E-state index contributed by atoms with van der Waals surface area (Å²) in [7, 11) is -0.496. The number of carbonyl (C=O) groups excluding carboxylic acids is 1. The molecule has 0 atom stereocenters. The number of carbonyl (C=O) groups is 1. The van der Waals surface area contributed by atoms with Crippen LogP contribution in [0.15, 0.2) is 53.4 Å². The highest BCUT2D eigenvalue weighted by Crippen LogP contribution is 2.29. The van der Waals surface area contributed by atoms with E-state index in [4.69, 9.17) is 4.98 Å². The first-order chi connectivity index (χ1) is 16.3. The minimum absolute atomic E-state index is 0.115.